The molecule has 168 valence electrons. The van der Waals surface area contributed by atoms with Gasteiger partial charge in [-0.2, -0.15) is 5.10 Å². The molecule has 0 N–H and O–H groups in total. The molecule has 4 rings (SSSR count). The fraction of sp³-hybridized carbons (Fsp3) is 0.652. The van der Waals surface area contributed by atoms with E-state index < -0.39 is 0 Å². The third kappa shape index (κ3) is 5.06. The van der Waals surface area contributed by atoms with Crippen molar-refractivity contribution in [3.05, 3.63) is 29.3 Å². The highest BCUT2D eigenvalue weighted by Crippen LogP contribution is 2.24. The second kappa shape index (κ2) is 10.0. The van der Waals surface area contributed by atoms with Gasteiger partial charge in [-0.25, -0.2) is 4.68 Å². The van der Waals surface area contributed by atoms with Crippen LogP contribution in [0.2, 0.25) is 0 Å². The SMILES string of the molecule is CCCn1c(-c2ccncc2)nn(CN2CCC(C(=O)N3CCCC(C)C3)CC2)c1=S. The molecule has 31 heavy (non-hydrogen) atoms. The maximum absolute atomic E-state index is 13.0. The third-order valence-electron chi connectivity index (χ3n) is 6.55. The molecule has 2 aromatic heterocycles. The minimum Gasteiger partial charge on any atom is -0.342 e. The van der Waals surface area contributed by atoms with Gasteiger partial charge in [-0.15, -0.1) is 0 Å². The molecular formula is C23H34N6OS. The van der Waals surface area contributed by atoms with E-state index in [2.05, 4.69) is 33.2 Å². The molecule has 0 aliphatic carbocycles. The summed E-state index contributed by atoms with van der Waals surface area (Å²) in [7, 11) is 0. The molecule has 1 unspecified atom stereocenters. The lowest BCUT2D eigenvalue weighted by molar-refractivity contribution is -0.139. The van der Waals surface area contributed by atoms with E-state index in [-0.39, 0.29) is 5.92 Å². The number of hydrogen-bond acceptors (Lipinski definition) is 5. The summed E-state index contributed by atoms with van der Waals surface area (Å²) in [5.74, 6) is 2.07. The minimum absolute atomic E-state index is 0.166. The maximum atomic E-state index is 13.0. The molecule has 0 radical (unpaired) electrons. The van der Waals surface area contributed by atoms with Gasteiger partial charge < -0.3 is 4.90 Å². The van der Waals surface area contributed by atoms with Crippen LogP contribution < -0.4 is 0 Å². The molecule has 4 heterocycles. The van der Waals surface area contributed by atoms with Crippen LogP contribution in [0.15, 0.2) is 24.5 Å². The second-order valence-electron chi connectivity index (χ2n) is 9.06. The largest absolute Gasteiger partial charge is 0.342 e. The van der Waals surface area contributed by atoms with Gasteiger partial charge in [0.2, 0.25) is 5.91 Å². The molecule has 2 saturated heterocycles. The molecule has 0 saturated carbocycles. The standard InChI is InChI=1S/C23H34N6OS/c1-3-12-28-21(19-6-10-24-11-7-19)25-29(23(28)31)17-26-14-8-20(9-15-26)22(30)27-13-4-5-18(2)16-27/h6-7,10-11,18,20H,3-5,8-9,12-17H2,1-2H3. The van der Waals surface area contributed by atoms with E-state index in [0.29, 0.717) is 18.5 Å². The number of rotatable bonds is 6. The van der Waals surface area contributed by atoms with Gasteiger partial charge >= 0.3 is 0 Å². The maximum Gasteiger partial charge on any atom is 0.225 e. The molecule has 1 atom stereocenters. The van der Waals surface area contributed by atoms with Crippen LogP contribution in [-0.4, -0.2) is 61.2 Å². The van der Waals surface area contributed by atoms with Crippen LogP contribution in [0.5, 0.6) is 0 Å². The normalized spacial score (nSPS) is 20.8. The van der Waals surface area contributed by atoms with Crippen molar-refractivity contribution in [1.82, 2.24) is 29.1 Å². The van der Waals surface area contributed by atoms with Gasteiger partial charge in [0, 0.05) is 56.6 Å². The van der Waals surface area contributed by atoms with Crippen LogP contribution in [0, 0.1) is 16.6 Å². The lowest BCUT2D eigenvalue weighted by Gasteiger charge is -2.37. The van der Waals surface area contributed by atoms with E-state index in [4.69, 9.17) is 17.3 Å². The first-order chi connectivity index (χ1) is 15.1. The molecule has 0 bridgehead atoms. The zero-order valence-corrected chi connectivity index (χ0v) is 19.6. The van der Waals surface area contributed by atoms with Crippen LogP contribution in [0.25, 0.3) is 11.4 Å². The van der Waals surface area contributed by atoms with Crippen molar-refractivity contribution in [1.29, 1.82) is 0 Å². The van der Waals surface area contributed by atoms with Gasteiger partial charge in [0.05, 0.1) is 6.67 Å². The minimum atomic E-state index is 0.166. The summed E-state index contributed by atoms with van der Waals surface area (Å²) < 4.78 is 4.82. The highest BCUT2D eigenvalue weighted by Gasteiger charge is 2.30. The Morgan fingerprint density at radius 2 is 1.90 bits per heavy atom. The zero-order valence-electron chi connectivity index (χ0n) is 18.7. The summed E-state index contributed by atoms with van der Waals surface area (Å²) in [5, 5.41) is 4.86. The summed E-state index contributed by atoms with van der Waals surface area (Å²) in [5.41, 5.74) is 1.04. The molecule has 2 fully saturated rings. The third-order valence-corrected chi connectivity index (χ3v) is 6.98. The van der Waals surface area contributed by atoms with Crippen molar-refractivity contribution in [2.45, 2.75) is 59.2 Å². The molecule has 2 aromatic rings. The van der Waals surface area contributed by atoms with E-state index >= 15 is 0 Å². The Kier molecular flexibility index (Phi) is 7.17. The van der Waals surface area contributed by atoms with Crippen LogP contribution in [-0.2, 0) is 18.0 Å². The number of hydrogen-bond donors (Lipinski definition) is 0. The summed E-state index contributed by atoms with van der Waals surface area (Å²) in [6, 6.07) is 3.96. The predicted octanol–water partition coefficient (Wildman–Crippen LogP) is 3.81. The summed E-state index contributed by atoms with van der Waals surface area (Å²) in [4.78, 5) is 21.6. The van der Waals surface area contributed by atoms with E-state index in [1.54, 1.807) is 12.4 Å². The van der Waals surface area contributed by atoms with E-state index in [1.807, 2.05) is 16.8 Å². The number of piperidine rings is 2. The molecule has 7 nitrogen and oxygen atoms in total. The van der Waals surface area contributed by atoms with E-state index in [0.717, 1.165) is 74.6 Å². The fourth-order valence-corrected chi connectivity index (χ4v) is 5.11. The zero-order chi connectivity index (χ0) is 21.8. The molecule has 0 aromatic carbocycles. The lowest BCUT2D eigenvalue weighted by atomic mass is 9.93. The Balaban J connectivity index is 1.40. The first-order valence-corrected chi connectivity index (χ1v) is 12.1. The topological polar surface area (TPSA) is 59.2 Å². The Morgan fingerprint density at radius 1 is 1.16 bits per heavy atom. The van der Waals surface area contributed by atoms with Gasteiger partial charge in [0.25, 0.3) is 0 Å². The summed E-state index contributed by atoms with van der Waals surface area (Å²) >= 11 is 5.77. The number of aromatic nitrogens is 4. The van der Waals surface area contributed by atoms with Crippen molar-refractivity contribution < 1.29 is 4.79 Å². The van der Waals surface area contributed by atoms with Crippen molar-refractivity contribution >= 4 is 18.1 Å². The van der Waals surface area contributed by atoms with Crippen LogP contribution in [0.3, 0.4) is 0 Å². The highest BCUT2D eigenvalue weighted by molar-refractivity contribution is 7.71. The second-order valence-corrected chi connectivity index (χ2v) is 9.42. The first-order valence-electron chi connectivity index (χ1n) is 11.7. The van der Waals surface area contributed by atoms with E-state index in [9.17, 15) is 4.79 Å². The molecule has 2 aliphatic heterocycles. The molecule has 8 heteroatoms. The quantitative estimate of drug-likeness (QED) is 0.637. The number of carbonyl (C=O) groups excluding carboxylic acids is 1. The van der Waals surface area contributed by atoms with Crippen molar-refractivity contribution in [3.63, 3.8) is 0 Å². The Bertz CT molecular complexity index is 931. The predicted molar refractivity (Wildman–Crippen MR) is 124 cm³/mol. The number of pyridine rings is 1. The van der Waals surface area contributed by atoms with Gasteiger partial charge in [0.15, 0.2) is 10.6 Å². The van der Waals surface area contributed by atoms with Crippen molar-refractivity contribution in [2.24, 2.45) is 11.8 Å². The monoisotopic (exact) mass is 442 g/mol. The Labute approximate surface area is 190 Å². The average molecular weight is 443 g/mol. The Morgan fingerprint density at radius 3 is 2.58 bits per heavy atom. The molecule has 0 spiro atoms. The molecule has 1 amide bonds. The van der Waals surface area contributed by atoms with Crippen LogP contribution in [0.4, 0.5) is 0 Å². The van der Waals surface area contributed by atoms with Gasteiger partial charge in [-0.05, 0) is 62.4 Å². The number of nitrogens with zero attached hydrogens (tertiary/aromatic N) is 6. The number of carbonyl (C=O) groups is 1. The smallest absolute Gasteiger partial charge is 0.225 e. The lowest BCUT2D eigenvalue weighted by Crippen LogP contribution is -2.46. The highest BCUT2D eigenvalue weighted by atomic mass is 32.1. The molecule has 2 aliphatic rings. The summed E-state index contributed by atoms with van der Waals surface area (Å²) in [6.45, 7) is 9.62. The number of amides is 1. The van der Waals surface area contributed by atoms with Gasteiger partial charge in [0.1, 0.15) is 0 Å². The first kappa shape index (κ1) is 22.1. The van der Waals surface area contributed by atoms with Gasteiger partial charge in [-0.1, -0.05) is 13.8 Å². The number of likely N-dealkylation sites (tertiary alicyclic amines) is 2. The van der Waals surface area contributed by atoms with Crippen molar-refractivity contribution in [3.8, 4) is 11.4 Å². The van der Waals surface area contributed by atoms with Crippen molar-refractivity contribution in [2.75, 3.05) is 26.2 Å². The van der Waals surface area contributed by atoms with Crippen LogP contribution >= 0.6 is 12.2 Å². The Hall–Kier alpha value is -2.06. The summed E-state index contributed by atoms with van der Waals surface area (Å²) in [6.07, 6.45) is 8.81. The fourth-order valence-electron chi connectivity index (χ4n) is 4.83. The molecular weight excluding hydrogens is 408 g/mol. The van der Waals surface area contributed by atoms with Crippen LogP contribution in [0.1, 0.15) is 46.0 Å². The van der Waals surface area contributed by atoms with Gasteiger partial charge in [-0.3, -0.25) is 19.2 Å². The van der Waals surface area contributed by atoms with E-state index in [1.165, 1.54) is 6.42 Å². The average Bonchev–Trinajstić information content (AvgIpc) is 3.10.